The summed E-state index contributed by atoms with van der Waals surface area (Å²) in [4.78, 5) is 16.8. The van der Waals surface area contributed by atoms with E-state index in [0.29, 0.717) is 0 Å². The summed E-state index contributed by atoms with van der Waals surface area (Å²) in [6.45, 7) is 7.88. The Hall–Kier alpha value is -0.940. The maximum absolute atomic E-state index is 12.3. The van der Waals surface area contributed by atoms with Crippen molar-refractivity contribution in [3.8, 4) is 0 Å². The number of nitrogens with one attached hydrogen (secondary N) is 2. The fourth-order valence-electron chi connectivity index (χ4n) is 2.21. The van der Waals surface area contributed by atoms with Crippen molar-refractivity contribution in [3.63, 3.8) is 0 Å². The fourth-order valence-corrected chi connectivity index (χ4v) is 3.01. The van der Waals surface area contributed by atoms with Crippen LogP contribution >= 0.6 is 11.3 Å². The third kappa shape index (κ3) is 2.90. The minimum Gasteiger partial charge on any atom is -0.347 e. The normalized spacial score (nSPS) is 20.4. The van der Waals surface area contributed by atoms with Crippen LogP contribution in [-0.4, -0.2) is 24.0 Å². The highest BCUT2D eigenvalue weighted by atomic mass is 32.1. The molecule has 1 saturated heterocycles. The molecule has 2 rings (SSSR count). The molecule has 0 saturated carbocycles. The van der Waals surface area contributed by atoms with E-state index >= 15 is 0 Å². The summed E-state index contributed by atoms with van der Waals surface area (Å²) in [6.07, 6.45) is 1.81. The van der Waals surface area contributed by atoms with Crippen molar-refractivity contribution in [3.05, 3.63) is 16.1 Å². The standard InChI is InChI=1S/C13H21N3OS/c1-9-8-18-11(15-9)10(2)16-12(17)13(3)4-6-14-7-5-13/h8,10,14H,4-7H2,1-3H3,(H,16,17). The number of piperidine rings is 1. The maximum atomic E-state index is 12.3. The number of carbonyl (C=O) groups excluding carboxylic acids is 1. The second-order valence-corrected chi connectivity index (χ2v) is 6.22. The van der Waals surface area contributed by atoms with Crippen LogP contribution in [0.4, 0.5) is 0 Å². The molecule has 1 aliphatic heterocycles. The van der Waals surface area contributed by atoms with Gasteiger partial charge in [-0.15, -0.1) is 11.3 Å². The third-order valence-corrected chi connectivity index (χ3v) is 4.76. The van der Waals surface area contributed by atoms with Crippen LogP contribution in [0.3, 0.4) is 0 Å². The minimum absolute atomic E-state index is 0.00270. The monoisotopic (exact) mass is 267 g/mol. The Morgan fingerprint density at radius 2 is 2.22 bits per heavy atom. The second-order valence-electron chi connectivity index (χ2n) is 5.33. The average molecular weight is 267 g/mol. The Bertz CT molecular complexity index is 424. The molecule has 2 heterocycles. The molecule has 0 spiro atoms. The molecule has 0 radical (unpaired) electrons. The van der Waals surface area contributed by atoms with Crippen LogP contribution in [0.25, 0.3) is 0 Å². The van der Waals surface area contributed by atoms with Crippen LogP contribution in [0.15, 0.2) is 5.38 Å². The SMILES string of the molecule is Cc1csc(C(C)NC(=O)C2(C)CCNCC2)n1. The van der Waals surface area contributed by atoms with Crippen LogP contribution in [-0.2, 0) is 4.79 Å². The summed E-state index contributed by atoms with van der Waals surface area (Å²) in [5.74, 6) is 0.157. The molecule has 1 aliphatic rings. The molecule has 18 heavy (non-hydrogen) atoms. The molecular formula is C13H21N3OS. The zero-order chi connectivity index (χ0) is 13.2. The van der Waals surface area contributed by atoms with Crippen molar-refractivity contribution in [2.45, 2.75) is 39.7 Å². The molecule has 2 N–H and O–H groups in total. The molecule has 0 aromatic carbocycles. The minimum atomic E-state index is -0.230. The van der Waals surface area contributed by atoms with Crippen LogP contribution in [0.5, 0.6) is 0 Å². The molecule has 1 aromatic rings. The van der Waals surface area contributed by atoms with E-state index in [9.17, 15) is 4.79 Å². The first-order chi connectivity index (χ1) is 8.51. The molecular weight excluding hydrogens is 246 g/mol. The van der Waals surface area contributed by atoms with Gasteiger partial charge in [-0.25, -0.2) is 4.98 Å². The highest BCUT2D eigenvalue weighted by Crippen LogP contribution is 2.29. The van der Waals surface area contributed by atoms with E-state index in [-0.39, 0.29) is 17.4 Å². The van der Waals surface area contributed by atoms with Gasteiger partial charge in [-0.3, -0.25) is 4.79 Å². The molecule has 1 amide bonds. The molecule has 0 bridgehead atoms. The van der Waals surface area contributed by atoms with Crippen molar-refractivity contribution in [2.75, 3.05) is 13.1 Å². The first-order valence-electron chi connectivity index (χ1n) is 6.45. The van der Waals surface area contributed by atoms with Crippen LogP contribution in [0.2, 0.25) is 0 Å². The lowest BCUT2D eigenvalue weighted by atomic mass is 9.80. The number of thiazole rings is 1. The number of rotatable bonds is 3. The zero-order valence-corrected chi connectivity index (χ0v) is 12.1. The summed E-state index contributed by atoms with van der Waals surface area (Å²) in [5, 5.41) is 9.40. The molecule has 1 aromatic heterocycles. The summed E-state index contributed by atoms with van der Waals surface area (Å²) in [6, 6.07) is 0.00270. The number of aromatic nitrogens is 1. The Labute approximate surface area is 112 Å². The highest BCUT2D eigenvalue weighted by Gasteiger charge is 2.35. The van der Waals surface area contributed by atoms with Crippen molar-refractivity contribution in [2.24, 2.45) is 5.41 Å². The van der Waals surface area contributed by atoms with E-state index in [1.807, 2.05) is 19.2 Å². The molecule has 100 valence electrons. The fraction of sp³-hybridized carbons (Fsp3) is 0.692. The average Bonchev–Trinajstić information content (AvgIpc) is 2.77. The van der Waals surface area contributed by atoms with Gasteiger partial charge in [0.1, 0.15) is 5.01 Å². The highest BCUT2D eigenvalue weighted by molar-refractivity contribution is 7.09. The van der Waals surface area contributed by atoms with Crippen LogP contribution < -0.4 is 10.6 Å². The summed E-state index contributed by atoms with van der Waals surface area (Å²) in [5.41, 5.74) is 0.787. The van der Waals surface area contributed by atoms with Crippen LogP contribution in [0.1, 0.15) is 43.4 Å². The summed E-state index contributed by atoms with van der Waals surface area (Å²) in [7, 11) is 0. The predicted molar refractivity (Wildman–Crippen MR) is 73.6 cm³/mol. The smallest absolute Gasteiger partial charge is 0.226 e. The summed E-state index contributed by atoms with van der Waals surface area (Å²) >= 11 is 1.61. The number of hydrogen-bond donors (Lipinski definition) is 2. The van der Waals surface area contributed by atoms with Gasteiger partial charge >= 0.3 is 0 Å². The van der Waals surface area contributed by atoms with Crippen LogP contribution in [0, 0.1) is 12.3 Å². The second kappa shape index (κ2) is 5.36. The number of nitrogens with zero attached hydrogens (tertiary/aromatic N) is 1. The lowest BCUT2D eigenvalue weighted by Crippen LogP contribution is -2.46. The van der Waals surface area contributed by atoms with Gasteiger partial charge in [0.2, 0.25) is 5.91 Å². The quantitative estimate of drug-likeness (QED) is 0.881. The van der Waals surface area contributed by atoms with Gasteiger partial charge in [-0.1, -0.05) is 6.92 Å². The molecule has 1 fully saturated rings. The van der Waals surface area contributed by atoms with E-state index in [1.54, 1.807) is 11.3 Å². The topological polar surface area (TPSA) is 54.0 Å². The lowest BCUT2D eigenvalue weighted by Gasteiger charge is -2.33. The number of carbonyl (C=O) groups is 1. The molecule has 0 aliphatic carbocycles. The molecule has 1 unspecified atom stereocenters. The Morgan fingerprint density at radius 3 is 2.78 bits per heavy atom. The van der Waals surface area contributed by atoms with Crippen molar-refractivity contribution in [1.82, 2.24) is 15.6 Å². The zero-order valence-electron chi connectivity index (χ0n) is 11.2. The van der Waals surface area contributed by atoms with Crippen molar-refractivity contribution < 1.29 is 4.79 Å². The Morgan fingerprint density at radius 1 is 1.56 bits per heavy atom. The molecule has 4 nitrogen and oxygen atoms in total. The van der Waals surface area contributed by atoms with E-state index in [0.717, 1.165) is 36.6 Å². The van der Waals surface area contributed by atoms with Gasteiger partial charge in [0.25, 0.3) is 0 Å². The van der Waals surface area contributed by atoms with E-state index in [4.69, 9.17) is 0 Å². The number of amides is 1. The van der Waals surface area contributed by atoms with Gasteiger partial charge in [0.15, 0.2) is 0 Å². The van der Waals surface area contributed by atoms with Gasteiger partial charge in [-0.05, 0) is 39.8 Å². The van der Waals surface area contributed by atoms with E-state index < -0.39 is 0 Å². The maximum Gasteiger partial charge on any atom is 0.226 e. The lowest BCUT2D eigenvalue weighted by molar-refractivity contribution is -0.132. The van der Waals surface area contributed by atoms with Gasteiger partial charge in [0, 0.05) is 16.5 Å². The van der Waals surface area contributed by atoms with E-state index in [1.165, 1.54) is 0 Å². The molecule has 1 atom stereocenters. The first kappa shape index (κ1) is 13.5. The van der Waals surface area contributed by atoms with Gasteiger partial charge in [-0.2, -0.15) is 0 Å². The Balaban J connectivity index is 1.98. The predicted octanol–water partition coefficient (Wildman–Crippen LogP) is 2.02. The Kier molecular flexibility index (Phi) is 4.02. The largest absolute Gasteiger partial charge is 0.347 e. The van der Waals surface area contributed by atoms with E-state index in [2.05, 4.69) is 22.5 Å². The third-order valence-electron chi connectivity index (χ3n) is 3.61. The van der Waals surface area contributed by atoms with Crippen molar-refractivity contribution >= 4 is 17.2 Å². The van der Waals surface area contributed by atoms with Gasteiger partial charge in [0.05, 0.1) is 6.04 Å². The number of aryl methyl sites for hydroxylation is 1. The summed E-state index contributed by atoms with van der Waals surface area (Å²) < 4.78 is 0. The first-order valence-corrected chi connectivity index (χ1v) is 7.33. The molecule has 5 heteroatoms. The number of hydrogen-bond acceptors (Lipinski definition) is 4. The van der Waals surface area contributed by atoms with Gasteiger partial charge < -0.3 is 10.6 Å². The van der Waals surface area contributed by atoms with Crippen molar-refractivity contribution in [1.29, 1.82) is 0 Å².